The van der Waals surface area contributed by atoms with E-state index in [-0.39, 0.29) is 12.0 Å². The van der Waals surface area contributed by atoms with Crippen LogP contribution in [0.5, 0.6) is 0 Å². The Hall–Kier alpha value is -0.220. The van der Waals surface area contributed by atoms with E-state index < -0.39 is 5.97 Å². The molecule has 0 aromatic rings. The van der Waals surface area contributed by atoms with Crippen LogP contribution >= 0.6 is 12.8 Å². The van der Waals surface area contributed by atoms with Crippen LogP contribution in [0, 0.1) is 5.92 Å². The maximum atomic E-state index is 10.5. The summed E-state index contributed by atoms with van der Waals surface area (Å²) in [6.07, 6.45) is 0.931. The minimum absolute atomic E-state index is 0.231. The van der Waals surface area contributed by atoms with Gasteiger partial charge in [0.15, 0.2) is 0 Å². The monoisotopic (exact) mass is 161 g/mol. The Bertz CT molecular complexity index is 141. The normalized spacial score (nSPS) is 34.6. The lowest BCUT2D eigenvalue weighted by molar-refractivity contribution is -0.141. The van der Waals surface area contributed by atoms with Gasteiger partial charge < -0.3 is 5.11 Å². The summed E-state index contributed by atoms with van der Waals surface area (Å²) < 4.78 is 1.59. The summed E-state index contributed by atoms with van der Waals surface area (Å²) in [4.78, 5) is 10.5. The molecule has 58 valence electrons. The van der Waals surface area contributed by atoms with Crippen LogP contribution in [0.25, 0.3) is 0 Å². The number of nitrogens with zero attached hydrogens (tertiary/aromatic N) is 1. The zero-order valence-electron chi connectivity index (χ0n) is 5.82. The van der Waals surface area contributed by atoms with Crippen LogP contribution in [0.3, 0.4) is 0 Å². The van der Waals surface area contributed by atoms with Gasteiger partial charge in [0.1, 0.15) is 6.04 Å². The van der Waals surface area contributed by atoms with Crippen LogP contribution in [-0.2, 0) is 4.79 Å². The molecule has 0 radical (unpaired) electrons. The Labute approximate surface area is 65.6 Å². The molecule has 10 heavy (non-hydrogen) atoms. The highest BCUT2D eigenvalue weighted by Gasteiger charge is 2.34. The minimum Gasteiger partial charge on any atom is -0.480 e. The molecule has 2 unspecified atom stereocenters. The van der Waals surface area contributed by atoms with Gasteiger partial charge in [-0.25, -0.2) is 4.31 Å². The average molecular weight is 161 g/mol. The largest absolute Gasteiger partial charge is 0.480 e. The minimum atomic E-state index is -0.764. The van der Waals surface area contributed by atoms with Gasteiger partial charge in [-0.05, 0) is 12.3 Å². The van der Waals surface area contributed by atoms with Gasteiger partial charge in [-0.15, -0.1) is 0 Å². The predicted molar refractivity (Wildman–Crippen MR) is 40.9 cm³/mol. The smallest absolute Gasteiger partial charge is 0.322 e. The molecule has 1 saturated heterocycles. The quantitative estimate of drug-likeness (QED) is 0.554. The average Bonchev–Trinajstić information content (AvgIpc) is 2.11. The number of carboxylic acids is 1. The van der Waals surface area contributed by atoms with Crippen LogP contribution < -0.4 is 0 Å². The first-order chi connectivity index (χ1) is 4.63. The summed E-state index contributed by atoms with van der Waals surface area (Å²) in [5, 5.41) is 8.66. The molecule has 1 fully saturated rings. The molecule has 0 bridgehead atoms. The first-order valence-electron chi connectivity index (χ1n) is 3.31. The number of carboxylic acid groups (broad SMARTS) is 1. The molecule has 0 spiro atoms. The molecule has 2 atom stereocenters. The van der Waals surface area contributed by atoms with Gasteiger partial charge in [-0.3, -0.25) is 4.79 Å². The highest BCUT2D eigenvalue weighted by molar-refractivity contribution is 7.77. The fraction of sp³-hybridized carbons (Fsp3) is 0.833. The maximum Gasteiger partial charge on any atom is 0.322 e. The molecular formula is C6H11NO2S. The van der Waals surface area contributed by atoms with Gasteiger partial charge in [-0.2, -0.15) is 0 Å². The van der Waals surface area contributed by atoms with E-state index in [1.807, 2.05) is 6.92 Å². The van der Waals surface area contributed by atoms with Gasteiger partial charge in [-0.1, -0.05) is 19.7 Å². The van der Waals surface area contributed by atoms with Gasteiger partial charge in [0.2, 0.25) is 0 Å². The van der Waals surface area contributed by atoms with Crippen LogP contribution in [-0.4, -0.2) is 28.0 Å². The van der Waals surface area contributed by atoms with E-state index in [4.69, 9.17) is 5.11 Å². The Balaban J connectivity index is 2.63. The van der Waals surface area contributed by atoms with Crippen LogP contribution in [0.2, 0.25) is 0 Å². The number of aliphatic carboxylic acids is 1. The molecule has 0 saturated carbocycles. The van der Waals surface area contributed by atoms with E-state index in [1.54, 1.807) is 4.31 Å². The molecule has 0 aromatic carbocycles. The summed E-state index contributed by atoms with van der Waals surface area (Å²) in [5.41, 5.74) is 0. The second-order valence-electron chi connectivity index (χ2n) is 2.71. The number of thiol groups is 1. The van der Waals surface area contributed by atoms with Gasteiger partial charge in [0.05, 0.1) is 0 Å². The number of rotatable bonds is 1. The molecular weight excluding hydrogens is 150 g/mol. The second kappa shape index (κ2) is 2.80. The van der Waals surface area contributed by atoms with Crippen LogP contribution in [0.15, 0.2) is 0 Å². The third-order valence-electron chi connectivity index (χ3n) is 1.93. The molecule has 1 rings (SSSR count). The van der Waals surface area contributed by atoms with Crippen molar-refractivity contribution in [1.82, 2.24) is 4.31 Å². The first-order valence-corrected chi connectivity index (χ1v) is 3.71. The van der Waals surface area contributed by atoms with Crippen molar-refractivity contribution in [3.05, 3.63) is 0 Å². The Morgan fingerprint density at radius 1 is 1.80 bits per heavy atom. The fourth-order valence-corrected chi connectivity index (χ4v) is 1.74. The van der Waals surface area contributed by atoms with E-state index in [0.717, 1.165) is 13.0 Å². The van der Waals surface area contributed by atoms with Gasteiger partial charge in [0.25, 0.3) is 0 Å². The summed E-state index contributed by atoms with van der Waals surface area (Å²) in [7, 11) is 0. The summed E-state index contributed by atoms with van der Waals surface area (Å²) >= 11 is 4.04. The van der Waals surface area contributed by atoms with Gasteiger partial charge in [0, 0.05) is 6.54 Å². The van der Waals surface area contributed by atoms with E-state index in [9.17, 15) is 4.79 Å². The van der Waals surface area contributed by atoms with Crippen molar-refractivity contribution in [3.63, 3.8) is 0 Å². The topological polar surface area (TPSA) is 40.5 Å². The summed E-state index contributed by atoms with van der Waals surface area (Å²) in [6, 6.07) is -0.386. The number of carbonyl (C=O) groups is 1. The highest BCUT2D eigenvalue weighted by Crippen LogP contribution is 2.24. The van der Waals surface area contributed by atoms with Gasteiger partial charge >= 0.3 is 5.97 Å². The van der Waals surface area contributed by atoms with Crippen molar-refractivity contribution in [2.75, 3.05) is 6.54 Å². The zero-order valence-corrected chi connectivity index (χ0v) is 6.71. The summed E-state index contributed by atoms with van der Waals surface area (Å²) in [5.74, 6) is -0.532. The molecule has 4 heteroatoms. The molecule has 1 aliphatic rings. The SMILES string of the molecule is CC1CCN(S)C1C(=O)O. The van der Waals surface area contributed by atoms with E-state index >= 15 is 0 Å². The van der Waals surface area contributed by atoms with Crippen molar-refractivity contribution in [2.24, 2.45) is 5.92 Å². The molecule has 0 aromatic heterocycles. The van der Waals surface area contributed by atoms with Crippen molar-refractivity contribution in [2.45, 2.75) is 19.4 Å². The fourth-order valence-electron chi connectivity index (χ4n) is 1.30. The molecule has 1 aliphatic heterocycles. The molecule has 0 aliphatic carbocycles. The zero-order chi connectivity index (χ0) is 7.72. The lowest BCUT2D eigenvalue weighted by Gasteiger charge is -2.15. The molecule has 0 amide bonds. The Kier molecular flexibility index (Phi) is 2.21. The van der Waals surface area contributed by atoms with Crippen molar-refractivity contribution < 1.29 is 9.90 Å². The third kappa shape index (κ3) is 1.27. The lowest BCUT2D eigenvalue weighted by atomic mass is 10.0. The second-order valence-corrected chi connectivity index (χ2v) is 3.23. The highest BCUT2D eigenvalue weighted by atomic mass is 32.1. The van der Waals surface area contributed by atoms with E-state index in [1.165, 1.54) is 0 Å². The van der Waals surface area contributed by atoms with Crippen molar-refractivity contribution in [1.29, 1.82) is 0 Å². The number of hydrogen-bond donors (Lipinski definition) is 2. The van der Waals surface area contributed by atoms with Crippen molar-refractivity contribution >= 4 is 18.8 Å². The third-order valence-corrected chi connectivity index (χ3v) is 2.38. The summed E-state index contributed by atoms with van der Waals surface area (Å²) in [6.45, 7) is 2.72. The predicted octanol–water partition coefficient (Wildman–Crippen LogP) is 0.626. The molecule has 1 heterocycles. The first kappa shape index (κ1) is 7.88. The standard InChI is InChI=1S/C6H11NO2S/c1-4-2-3-7(10)5(4)6(8)9/h4-5,10H,2-3H2,1H3,(H,8,9). The maximum absolute atomic E-state index is 10.5. The number of hydrogen-bond acceptors (Lipinski definition) is 3. The van der Waals surface area contributed by atoms with Crippen LogP contribution in [0.4, 0.5) is 0 Å². The molecule has 1 N–H and O–H groups in total. The van der Waals surface area contributed by atoms with E-state index in [2.05, 4.69) is 12.8 Å². The van der Waals surface area contributed by atoms with E-state index in [0.29, 0.717) is 0 Å². The van der Waals surface area contributed by atoms with Crippen LogP contribution in [0.1, 0.15) is 13.3 Å². The van der Waals surface area contributed by atoms with Crippen molar-refractivity contribution in [3.8, 4) is 0 Å². The Morgan fingerprint density at radius 2 is 2.40 bits per heavy atom. The Morgan fingerprint density at radius 3 is 2.60 bits per heavy atom. The molecule has 3 nitrogen and oxygen atoms in total. The lowest BCUT2D eigenvalue weighted by Crippen LogP contribution is -2.32.